The van der Waals surface area contributed by atoms with E-state index in [1.165, 1.54) is 11.1 Å². The average Bonchev–Trinajstić information content (AvgIpc) is 2.94. The molecule has 2 fully saturated rings. The number of hydrogen-bond donors (Lipinski definition) is 0. The maximum Gasteiger partial charge on any atom is 0.242 e. The molecular formula is C21H24N2O2. The molecule has 4 heteroatoms. The number of hydrogen-bond acceptors (Lipinski definition) is 3. The van der Waals surface area contributed by atoms with Crippen LogP contribution in [0, 0.1) is 0 Å². The zero-order chi connectivity index (χ0) is 17.4. The standard InChI is InChI=1S/C21H24N2O2/c1-21(2)23(19(15-25-21)17-11-7-4-8-12-17)18-14-22(20(18)24)13-16-9-5-3-6-10-16/h3-12,18-19H,13-15H2,1-2H3/t18-,19-/m0/s1. The van der Waals surface area contributed by atoms with Crippen LogP contribution in [0.15, 0.2) is 60.7 Å². The van der Waals surface area contributed by atoms with Gasteiger partial charge in [-0.05, 0) is 25.0 Å². The van der Waals surface area contributed by atoms with Gasteiger partial charge in [-0.15, -0.1) is 0 Å². The van der Waals surface area contributed by atoms with Crippen LogP contribution in [0.4, 0.5) is 0 Å². The van der Waals surface area contributed by atoms with Crippen molar-refractivity contribution in [3.63, 3.8) is 0 Å². The predicted octanol–water partition coefficient (Wildman–Crippen LogP) is 3.21. The van der Waals surface area contributed by atoms with Gasteiger partial charge in [0, 0.05) is 13.1 Å². The monoisotopic (exact) mass is 336 g/mol. The Morgan fingerprint density at radius 1 is 1.00 bits per heavy atom. The molecule has 2 saturated heterocycles. The van der Waals surface area contributed by atoms with E-state index in [4.69, 9.17) is 4.74 Å². The quantitative estimate of drug-likeness (QED) is 0.804. The molecule has 0 aromatic heterocycles. The fourth-order valence-electron chi connectivity index (χ4n) is 3.97. The highest BCUT2D eigenvalue weighted by Gasteiger charge is 2.52. The molecular weight excluding hydrogens is 312 g/mol. The van der Waals surface area contributed by atoms with Crippen LogP contribution in [0.2, 0.25) is 0 Å². The minimum Gasteiger partial charge on any atom is -0.359 e. The summed E-state index contributed by atoms with van der Waals surface area (Å²) in [4.78, 5) is 17.0. The zero-order valence-corrected chi connectivity index (χ0v) is 14.8. The second-order valence-corrected chi connectivity index (χ2v) is 7.31. The van der Waals surface area contributed by atoms with E-state index in [-0.39, 0.29) is 18.0 Å². The van der Waals surface area contributed by atoms with Crippen molar-refractivity contribution in [2.24, 2.45) is 0 Å². The van der Waals surface area contributed by atoms with E-state index in [1.807, 2.05) is 41.3 Å². The zero-order valence-electron chi connectivity index (χ0n) is 14.8. The molecule has 0 radical (unpaired) electrons. The first kappa shape index (κ1) is 16.3. The Labute approximate surface area is 149 Å². The minimum atomic E-state index is -0.431. The van der Waals surface area contributed by atoms with Crippen molar-refractivity contribution < 1.29 is 9.53 Å². The third-order valence-electron chi connectivity index (χ3n) is 5.28. The third kappa shape index (κ3) is 2.96. The smallest absolute Gasteiger partial charge is 0.242 e. The highest BCUT2D eigenvalue weighted by molar-refractivity contribution is 5.88. The summed E-state index contributed by atoms with van der Waals surface area (Å²) in [5.41, 5.74) is 1.95. The molecule has 130 valence electrons. The predicted molar refractivity (Wildman–Crippen MR) is 96.7 cm³/mol. The lowest BCUT2D eigenvalue weighted by Crippen LogP contribution is -2.66. The molecule has 2 aliphatic rings. The first-order valence-corrected chi connectivity index (χ1v) is 8.86. The van der Waals surface area contributed by atoms with Crippen LogP contribution in [-0.2, 0) is 16.1 Å². The van der Waals surface area contributed by atoms with Crippen LogP contribution in [0.3, 0.4) is 0 Å². The third-order valence-corrected chi connectivity index (χ3v) is 5.28. The van der Waals surface area contributed by atoms with E-state index >= 15 is 0 Å². The van der Waals surface area contributed by atoms with E-state index in [0.29, 0.717) is 13.2 Å². The Kier molecular flexibility index (Phi) is 4.10. The molecule has 2 aromatic rings. The van der Waals surface area contributed by atoms with E-state index in [9.17, 15) is 4.79 Å². The lowest BCUT2D eigenvalue weighted by molar-refractivity contribution is -0.164. The highest BCUT2D eigenvalue weighted by atomic mass is 16.5. The molecule has 2 atom stereocenters. The maximum atomic E-state index is 12.8. The van der Waals surface area contributed by atoms with Gasteiger partial charge in [0.1, 0.15) is 11.8 Å². The van der Waals surface area contributed by atoms with Crippen molar-refractivity contribution in [2.75, 3.05) is 13.2 Å². The van der Waals surface area contributed by atoms with Crippen molar-refractivity contribution in [1.29, 1.82) is 0 Å². The number of carbonyl (C=O) groups excluding carboxylic acids is 1. The summed E-state index contributed by atoms with van der Waals surface area (Å²) >= 11 is 0. The molecule has 2 heterocycles. The molecule has 25 heavy (non-hydrogen) atoms. The van der Waals surface area contributed by atoms with Crippen LogP contribution in [-0.4, -0.2) is 40.6 Å². The van der Waals surface area contributed by atoms with Crippen LogP contribution in [0.25, 0.3) is 0 Å². The second kappa shape index (κ2) is 6.28. The number of nitrogens with zero attached hydrogens (tertiary/aromatic N) is 2. The van der Waals surface area contributed by atoms with Gasteiger partial charge in [0.2, 0.25) is 5.91 Å². The topological polar surface area (TPSA) is 32.8 Å². The van der Waals surface area contributed by atoms with Gasteiger partial charge >= 0.3 is 0 Å². The van der Waals surface area contributed by atoms with E-state index in [1.54, 1.807) is 0 Å². The highest BCUT2D eigenvalue weighted by Crippen LogP contribution is 2.41. The Balaban J connectivity index is 1.51. The van der Waals surface area contributed by atoms with E-state index < -0.39 is 5.72 Å². The number of rotatable bonds is 4. The van der Waals surface area contributed by atoms with Crippen LogP contribution in [0.1, 0.15) is 31.0 Å². The first-order valence-electron chi connectivity index (χ1n) is 8.86. The summed E-state index contributed by atoms with van der Waals surface area (Å²) in [5.74, 6) is 0.198. The molecule has 0 saturated carbocycles. The molecule has 0 unspecified atom stereocenters. The van der Waals surface area contributed by atoms with Crippen LogP contribution < -0.4 is 0 Å². The molecule has 4 nitrogen and oxygen atoms in total. The molecule has 0 bridgehead atoms. The largest absolute Gasteiger partial charge is 0.359 e. The summed E-state index contributed by atoms with van der Waals surface area (Å²) in [6.07, 6.45) is 0. The normalized spacial score (nSPS) is 25.8. The lowest BCUT2D eigenvalue weighted by Gasteiger charge is -2.48. The van der Waals surface area contributed by atoms with Gasteiger partial charge in [-0.1, -0.05) is 60.7 Å². The summed E-state index contributed by atoms with van der Waals surface area (Å²) in [5, 5.41) is 0. The van der Waals surface area contributed by atoms with Crippen LogP contribution >= 0.6 is 0 Å². The van der Waals surface area contributed by atoms with Crippen molar-refractivity contribution in [1.82, 2.24) is 9.80 Å². The van der Waals surface area contributed by atoms with E-state index in [0.717, 1.165) is 6.54 Å². The maximum absolute atomic E-state index is 12.8. The van der Waals surface area contributed by atoms with Gasteiger partial charge in [0.25, 0.3) is 0 Å². The molecule has 1 amide bonds. The van der Waals surface area contributed by atoms with Gasteiger partial charge in [-0.2, -0.15) is 0 Å². The van der Waals surface area contributed by atoms with Crippen molar-refractivity contribution in [3.05, 3.63) is 71.8 Å². The van der Waals surface area contributed by atoms with Gasteiger partial charge in [0.05, 0.1) is 12.6 Å². The second-order valence-electron chi connectivity index (χ2n) is 7.31. The fraction of sp³-hybridized carbons (Fsp3) is 0.381. The fourth-order valence-corrected chi connectivity index (χ4v) is 3.97. The van der Waals surface area contributed by atoms with Crippen LogP contribution in [0.5, 0.6) is 0 Å². The Hall–Kier alpha value is -2.17. The van der Waals surface area contributed by atoms with E-state index in [2.05, 4.69) is 43.0 Å². The minimum absolute atomic E-state index is 0.105. The summed E-state index contributed by atoms with van der Waals surface area (Å²) in [6, 6.07) is 20.5. The average molecular weight is 336 g/mol. The molecule has 2 aliphatic heterocycles. The molecule has 0 spiro atoms. The Bertz CT molecular complexity index is 745. The molecule has 2 aromatic carbocycles. The molecule has 0 N–H and O–H groups in total. The summed E-state index contributed by atoms with van der Waals surface area (Å²) < 4.78 is 6.03. The molecule has 0 aliphatic carbocycles. The number of carbonyl (C=O) groups is 1. The van der Waals surface area contributed by atoms with Gasteiger partial charge in [0.15, 0.2) is 0 Å². The number of ether oxygens (including phenoxy) is 1. The van der Waals surface area contributed by atoms with Gasteiger partial charge in [-0.3, -0.25) is 9.69 Å². The number of β-lactam (4-membered cyclic amide) rings is 1. The van der Waals surface area contributed by atoms with Crippen molar-refractivity contribution >= 4 is 5.91 Å². The summed E-state index contributed by atoms with van der Waals surface area (Å²) in [7, 11) is 0. The van der Waals surface area contributed by atoms with Crippen molar-refractivity contribution in [2.45, 2.75) is 38.2 Å². The number of amides is 1. The first-order chi connectivity index (χ1) is 12.1. The Morgan fingerprint density at radius 3 is 2.28 bits per heavy atom. The van der Waals surface area contributed by atoms with Gasteiger partial charge in [-0.25, -0.2) is 0 Å². The van der Waals surface area contributed by atoms with Gasteiger partial charge < -0.3 is 9.64 Å². The molecule has 4 rings (SSSR count). The van der Waals surface area contributed by atoms with Crippen molar-refractivity contribution in [3.8, 4) is 0 Å². The number of benzene rings is 2. The Morgan fingerprint density at radius 2 is 1.64 bits per heavy atom. The SMILES string of the molecule is CC1(C)OC[C@@H](c2ccccc2)N1[C@H]1CN(Cc2ccccc2)C1=O. The number of likely N-dealkylation sites (tertiary alicyclic amines) is 1. The lowest BCUT2D eigenvalue weighted by atomic mass is 9.97. The summed E-state index contributed by atoms with van der Waals surface area (Å²) in [6.45, 7) is 6.18.